The standard InChI is InChI=1S/C37H54O11Si/c1-10-49(11-2,12-3)48-26-18-27-36(20-44-27,47-23(6)39)30-32(46-33(42)24-16-14-13-15-17-24)37(43)19-25(40)21(4)28(34(37,7)8)29(45-22(5)38)31(41)35(26,30)9/h13-17,25-27,29-32,40-41,43H,10-12,18-20H2,1-9H3/t25-,26-,27+,29+,30-,31+,32-,35+,36-,37+/m0/s1. The number of hydrogen-bond acceptors (Lipinski definition) is 11. The van der Waals surface area contributed by atoms with Crippen LogP contribution < -0.4 is 0 Å². The maximum Gasteiger partial charge on any atom is 0.338 e. The molecule has 49 heavy (non-hydrogen) atoms. The average molecular weight is 703 g/mol. The Hall–Kier alpha value is -2.61. The summed E-state index contributed by atoms with van der Waals surface area (Å²) < 4.78 is 32.2. The highest BCUT2D eigenvalue weighted by Crippen LogP contribution is 2.66. The molecule has 2 saturated carbocycles. The predicted molar refractivity (Wildman–Crippen MR) is 182 cm³/mol. The Labute approximate surface area is 290 Å². The quantitative estimate of drug-likeness (QED) is 0.144. The molecule has 1 saturated heterocycles. The van der Waals surface area contributed by atoms with Crippen molar-refractivity contribution in [3.05, 3.63) is 47.0 Å². The van der Waals surface area contributed by atoms with E-state index in [1.54, 1.807) is 58.0 Å². The summed E-state index contributed by atoms with van der Waals surface area (Å²) in [7, 11) is -2.44. The third-order valence-electron chi connectivity index (χ3n) is 12.7. The van der Waals surface area contributed by atoms with E-state index in [9.17, 15) is 29.7 Å². The largest absolute Gasteiger partial charge is 0.455 e. The normalized spacial score (nSPS) is 38.2. The molecule has 4 aliphatic rings. The van der Waals surface area contributed by atoms with Crippen LogP contribution in [-0.2, 0) is 33.0 Å². The number of aliphatic hydroxyl groups is 3. The summed E-state index contributed by atoms with van der Waals surface area (Å²) in [6.45, 7) is 15.7. The summed E-state index contributed by atoms with van der Waals surface area (Å²) in [5, 5.41) is 37.9. The molecule has 11 nitrogen and oxygen atoms in total. The van der Waals surface area contributed by atoms with Gasteiger partial charge in [0.25, 0.3) is 0 Å². The van der Waals surface area contributed by atoms with Gasteiger partial charge in [-0.3, -0.25) is 9.59 Å². The Bertz CT molecular complexity index is 1470. The zero-order valence-electron chi connectivity index (χ0n) is 30.3. The summed E-state index contributed by atoms with van der Waals surface area (Å²) >= 11 is 0. The SMILES string of the molecule is CC[Si](CC)(CC)O[C@H]1C[C@H]2OC[C@@]2(OC(C)=O)[C@H]2[C@H](OC(=O)c3ccccc3)[C@]3(O)C[C@H](O)C(C)=C([C@@H](OC(C)=O)[C@@H](O)[C@]12C)C3(C)C. The van der Waals surface area contributed by atoms with E-state index < -0.39 is 90.8 Å². The molecular weight excluding hydrogens is 648 g/mol. The first-order valence-corrected chi connectivity index (χ1v) is 20.1. The Kier molecular flexibility index (Phi) is 10.1. The number of carbonyl (C=O) groups is 3. The van der Waals surface area contributed by atoms with Crippen LogP contribution in [0.4, 0.5) is 0 Å². The molecule has 10 atom stereocenters. The number of aliphatic hydroxyl groups excluding tert-OH is 2. The fourth-order valence-electron chi connectivity index (χ4n) is 9.60. The second kappa shape index (κ2) is 13.2. The molecule has 1 aliphatic heterocycles. The Morgan fingerprint density at radius 2 is 1.57 bits per heavy atom. The lowest BCUT2D eigenvalue weighted by Crippen LogP contribution is -2.83. The molecule has 3 fully saturated rings. The topological polar surface area (TPSA) is 158 Å². The van der Waals surface area contributed by atoms with Crippen molar-refractivity contribution in [1.29, 1.82) is 0 Å². The van der Waals surface area contributed by atoms with E-state index in [2.05, 4.69) is 20.8 Å². The molecule has 0 amide bonds. The van der Waals surface area contributed by atoms with Crippen LogP contribution in [0.25, 0.3) is 0 Å². The van der Waals surface area contributed by atoms with Crippen LogP contribution in [0.15, 0.2) is 41.5 Å². The number of ether oxygens (including phenoxy) is 4. The lowest BCUT2D eigenvalue weighted by molar-refractivity contribution is -0.363. The van der Waals surface area contributed by atoms with Crippen LogP contribution in [0.1, 0.15) is 85.5 Å². The van der Waals surface area contributed by atoms with Crippen molar-refractivity contribution in [1.82, 2.24) is 0 Å². The second-order valence-electron chi connectivity index (χ2n) is 15.3. The van der Waals surface area contributed by atoms with Crippen molar-refractivity contribution >= 4 is 26.2 Å². The third-order valence-corrected chi connectivity index (χ3v) is 17.4. The number of esters is 3. The number of hydrogen-bond donors (Lipinski definition) is 3. The number of rotatable bonds is 9. The summed E-state index contributed by atoms with van der Waals surface area (Å²) in [5.74, 6) is -3.15. The molecule has 2 bridgehead atoms. The number of carbonyl (C=O) groups excluding carboxylic acids is 3. The highest BCUT2D eigenvalue weighted by Gasteiger charge is 2.78. The number of fused-ring (bicyclic) bond motifs is 5. The molecule has 0 aromatic heterocycles. The van der Waals surface area contributed by atoms with Crippen molar-refractivity contribution in [2.75, 3.05) is 6.61 Å². The molecule has 272 valence electrons. The maximum absolute atomic E-state index is 14.1. The van der Waals surface area contributed by atoms with Gasteiger partial charge in [0.1, 0.15) is 23.9 Å². The van der Waals surface area contributed by atoms with Crippen LogP contribution in [0.5, 0.6) is 0 Å². The Morgan fingerprint density at radius 3 is 2.08 bits per heavy atom. The molecule has 3 aliphatic carbocycles. The number of benzene rings is 1. The molecule has 3 N–H and O–H groups in total. The van der Waals surface area contributed by atoms with Crippen LogP contribution in [0.2, 0.25) is 18.1 Å². The first kappa shape index (κ1) is 37.6. The van der Waals surface area contributed by atoms with E-state index in [0.717, 1.165) is 18.1 Å². The minimum absolute atomic E-state index is 0.0900. The molecule has 12 heteroatoms. The first-order chi connectivity index (χ1) is 22.9. The molecule has 1 aromatic rings. The van der Waals surface area contributed by atoms with Gasteiger partial charge in [0.2, 0.25) is 0 Å². The van der Waals surface area contributed by atoms with E-state index in [1.165, 1.54) is 13.8 Å². The monoisotopic (exact) mass is 702 g/mol. The fourth-order valence-corrected chi connectivity index (χ4v) is 12.6. The molecular formula is C37H54O11Si. The minimum atomic E-state index is -2.44. The average Bonchev–Trinajstić information content (AvgIpc) is 3.04. The minimum Gasteiger partial charge on any atom is -0.455 e. The van der Waals surface area contributed by atoms with Gasteiger partial charge in [0, 0.05) is 37.5 Å². The summed E-state index contributed by atoms with van der Waals surface area (Å²) in [6.07, 6.45) is -7.03. The highest BCUT2D eigenvalue weighted by molar-refractivity contribution is 6.73. The summed E-state index contributed by atoms with van der Waals surface area (Å²) in [4.78, 5) is 40.0. The van der Waals surface area contributed by atoms with E-state index in [4.69, 9.17) is 23.4 Å². The van der Waals surface area contributed by atoms with Crippen molar-refractivity contribution in [2.45, 2.75) is 141 Å². The van der Waals surface area contributed by atoms with Crippen LogP contribution in [0.3, 0.4) is 0 Å². The van der Waals surface area contributed by atoms with E-state index in [1.807, 2.05) is 0 Å². The zero-order valence-corrected chi connectivity index (χ0v) is 31.3. The van der Waals surface area contributed by atoms with Crippen molar-refractivity contribution < 1.29 is 53.1 Å². The highest BCUT2D eigenvalue weighted by atomic mass is 28.4. The van der Waals surface area contributed by atoms with Gasteiger partial charge < -0.3 is 38.7 Å². The Morgan fingerprint density at radius 1 is 0.959 bits per heavy atom. The van der Waals surface area contributed by atoms with Crippen LogP contribution in [0, 0.1) is 16.7 Å². The third kappa shape index (κ3) is 5.70. The van der Waals surface area contributed by atoms with E-state index >= 15 is 0 Å². The molecule has 0 unspecified atom stereocenters. The molecule has 0 spiro atoms. The lowest BCUT2D eigenvalue weighted by atomic mass is 9.44. The van der Waals surface area contributed by atoms with Crippen LogP contribution in [-0.4, -0.2) is 96.0 Å². The van der Waals surface area contributed by atoms with Gasteiger partial charge in [-0.05, 0) is 48.3 Å². The van der Waals surface area contributed by atoms with Gasteiger partial charge >= 0.3 is 17.9 Å². The van der Waals surface area contributed by atoms with E-state index in [-0.39, 0.29) is 25.0 Å². The van der Waals surface area contributed by atoms with Gasteiger partial charge in [-0.25, -0.2) is 4.79 Å². The second-order valence-corrected chi connectivity index (χ2v) is 20.0. The molecule has 1 heterocycles. The van der Waals surface area contributed by atoms with E-state index in [0.29, 0.717) is 11.1 Å². The molecule has 5 rings (SSSR count). The summed E-state index contributed by atoms with van der Waals surface area (Å²) in [5.41, 5.74) is -5.29. The predicted octanol–water partition coefficient (Wildman–Crippen LogP) is 4.47. The maximum atomic E-state index is 14.1. The summed E-state index contributed by atoms with van der Waals surface area (Å²) in [6, 6.07) is 10.7. The lowest BCUT2D eigenvalue weighted by Gasteiger charge is -2.70. The molecule has 1 aromatic carbocycles. The zero-order chi connectivity index (χ0) is 36.3. The Balaban J connectivity index is 1.88. The van der Waals surface area contributed by atoms with Gasteiger partial charge in [-0.1, -0.05) is 59.7 Å². The fraction of sp³-hybridized carbons (Fsp3) is 0.703. The van der Waals surface area contributed by atoms with Gasteiger partial charge in [-0.15, -0.1) is 0 Å². The van der Waals surface area contributed by atoms with Crippen molar-refractivity contribution in [3.63, 3.8) is 0 Å². The van der Waals surface area contributed by atoms with Gasteiger partial charge in [0.05, 0.1) is 30.3 Å². The van der Waals surface area contributed by atoms with Gasteiger partial charge in [0.15, 0.2) is 20.0 Å². The molecule has 0 radical (unpaired) electrons. The van der Waals surface area contributed by atoms with Crippen LogP contribution >= 0.6 is 0 Å². The smallest absolute Gasteiger partial charge is 0.338 e. The van der Waals surface area contributed by atoms with Gasteiger partial charge in [-0.2, -0.15) is 0 Å². The van der Waals surface area contributed by atoms with Crippen molar-refractivity contribution in [2.24, 2.45) is 16.7 Å². The van der Waals surface area contributed by atoms with Crippen molar-refractivity contribution in [3.8, 4) is 0 Å². The first-order valence-electron chi connectivity index (χ1n) is 17.6.